The normalized spacial score (nSPS) is 17.7. The number of aliphatic carboxylic acids is 1. The van der Waals surface area contributed by atoms with Crippen molar-refractivity contribution in [3.05, 3.63) is 0 Å². The first-order valence-corrected chi connectivity index (χ1v) is 6.49. The predicted octanol–water partition coefficient (Wildman–Crippen LogP) is -1.39. The van der Waals surface area contributed by atoms with Crippen LogP contribution >= 0.6 is 0 Å². The second-order valence-corrected chi connectivity index (χ2v) is 4.85. The number of carbonyl (C=O) groups is 3. The summed E-state index contributed by atoms with van der Waals surface area (Å²) in [4.78, 5) is 33.5. The summed E-state index contributed by atoms with van der Waals surface area (Å²) in [6.45, 7) is -0.582. The van der Waals surface area contributed by atoms with Crippen molar-refractivity contribution in [1.82, 2.24) is 5.32 Å². The number of carbonyl (C=O) groups excluding carboxylic acids is 2. The van der Waals surface area contributed by atoms with Crippen molar-refractivity contribution < 1.29 is 29.3 Å². The van der Waals surface area contributed by atoms with E-state index in [0.717, 1.165) is 19.3 Å². The molecule has 0 radical (unpaired) electrons. The third-order valence-corrected chi connectivity index (χ3v) is 3.16. The zero-order chi connectivity index (χ0) is 15.1. The lowest BCUT2D eigenvalue weighted by Crippen LogP contribution is -2.49. The average molecular weight is 288 g/mol. The molecule has 8 nitrogen and oxygen atoms in total. The van der Waals surface area contributed by atoms with Crippen molar-refractivity contribution >= 4 is 17.8 Å². The van der Waals surface area contributed by atoms with Gasteiger partial charge in [-0.05, 0) is 12.8 Å². The standard InChI is InChI=1S/C12H20N2O6/c13-9(4-10(16)17)11(18)14-8(5-15)6-20-12(19)7-2-1-3-7/h7-9,15H,1-6,13H2,(H,14,18)(H,16,17). The Balaban J connectivity index is 2.32. The number of esters is 1. The van der Waals surface area contributed by atoms with Gasteiger partial charge >= 0.3 is 11.9 Å². The minimum atomic E-state index is -1.20. The Hall–Kier alpha value is -1.67. The van der Waals surface area contributed by atoms with Crippen molar-refractivity contribution in [2.75, 3.05) is 13.2 Å². The summed E-state index contributed by atoms with van der Waals surface area (Å²) < 4.78 is 4.99. The van der Waals surface area contributed by atoms with Crippen LogP contribution in [0.25, 0.3) is 0 Å². The molecule has 0 saturated heterocycles. The van der Waals surface area contributed by atoms with Gasteiger partial charge < -0.3 is 26.0 Å². The Morgan fingerprint density at radius 1 is 1.35 bits per heavy atom. The molecule has 0 bridgehead atoms. The van der Waals surface area contributed by atoms with Gasteiger partial charge in [0.05, 0.1) is 31.0 Å². The summed E-state index contributed by atoms with van der Waals surface area (Å²) >= 11 is 0. The van der Waals surface area contributed by atoms with Gasteiger partial charge in [-0.3, -0.25) is 14.4 Å². The highest BCUT2D eigenvalue weighted by molar-refractivity contribution is 5.86. The average Bonchev–Trinajstić information content (AvgIpc) is 2.30. The Bertz CT molecular complexity index is 369. The van der Waals surface area contributed by atoms with Gasteiger partial charge in [0.1, 0.15) is 6.61 Å². The molecule has 1 saturated carbocycles. The second kappa shape index (κ2) is 7.81. The molecule has 114 valence electrons. The number of carboxylic acid groups (broad SMARTS) is 1. The van der Waals surface area contributed by atoms with Crippen LogP contribution in [0.3, 0.4) is 0 Å². The number of aliphatic hydroxyl groups excluding tert-OH is 1. The fourth-order valence-corrected chi connectivity index (χ4v) is 1.67. The monoisotopic (exact) mass is 288 g/mol. The van der Waals surface area contributed by atoms with Crippen LogP contribution in [0.1, 0.15) is 25.7 Å². The van der Waals surface area contributed by atoms with Crippen LogP contribution in [0.15, 0.2) is 0 Å². The molecule has 1 rings (SSSR count). The summed E-state index contributed by atoms with van der Waals surface area (Å²) in [7, 11) is 0. The quantitative estimate of drug-likeness (QED) is 0.403. The first-order chi connectivity index (χ1) is 9.43. The van der Waals surface area contributed by atoms with Crippen LogP contribution in [-0.2, 0) is 19.1 Å². The first kappa shape index (κ1) is 16.4. The number of hydrogen-bond donors (Lipinski definition) is 4. The van der Waals surface area contributed by atoms with Gasteiger partial charge in [-0.2, -0.15) is 0 Å². The van der Waals surface area contributed by atoms with E-state index in [0.29, 0.717) is 0 Å². The lowest BCUT2D eigenvalue weighted by Gasteiger charge is -2.25. The highest BCUT2D eigenvalue weighted by atomic mass is 16.5. The summed E-state index contributed by atoms with van der Waals surface area (Å²) in [6.07, 6.45) is 2.10. The Morgan fingerprint density at radius 3 is 2.45 bits per heavy atom. The molecule has 8 heteroatoms. The molecule has 1 amide bonds. The fourth-order valence-electron chi connectivity index (χ4n) is 1.67. The molecular weight excluding hydrogens is 268 g/mol. The third kappa shape index (κ3) is 5.14. The highest BCUT2D eigenvalue weighted by Crippen LogP contribution is 2.27. The van der Waals surface area contributed by atoms with E-state index in [-0.39, 0.29) is 18.5 Å². The van der Waals surface area contributed by atoms with Crippen LogP contribution in [-0.4, -0.2) is 53.4 Å². The number of carboxylic acids is 1. The molecule has 2 unspecified atom stereocenters. The number of nitrogens with one attached hydrogen (secondary N) is 1. The van der Waals surface area contributed by atoms with E-state index >= 15 is 0 Å². The molecule has 1 aliphatic carbocycles. The van der Waals surface area contributed by atoms with Gasteiger partial charge in [0.15, 0.2) is 0 Å². The number of nitrogens with two attached hydrogens (primary N) is 1. The lowest BCUT2D eigenvalue weighted by molar-refractivity contribution is -0.153. The van der Waals surface area contributed by atoms with Crippen LogP contribution < -0.4 is 11.1 Å². The molecule has 1 aliphatic rings. The van der Waals surface area contributed by atoms with Gasteiger partial charge in [0.25, 0.3) is 0 Å². The molecule has 0 aromatic heterocycles. The summed E-state index contributed by atoms with van der Waals surface area (Å²) in [5, 5.41) is 20.0. The maximum absolute atomic E-state index is 11.5. The fraction of sp³-hybridized carbons (Fsp3) is 0.750. The van der Waals surface area contributed by atoms with Crippen molar-refractivity contribution in [3.8, 4) is 0 Å². The smallest absolute Gasteiger partial charge is 0.309 e. The summed E-state index contributed by atoms with van der Waals surface area (Å²) in [5.41, 5.74) is 5.37. The molecule has 0 spiro atoms. The van der Waals surface area contributed by atoms with Gasteiger partial charge in [0.2, 0.25) is 5.91 Å². The van der Waals surface area contributed by atoms with E-state index in [1.165, 1.54) is 0 Å². The van der Waals surface area contributed by atoms with Crippen molar-refractivity contribution in [3.63, 3.8) is 0 Å². The van der Waals surface area contributed by atoms with Crippen LogP contribution in [0, 0.1) is 5.92 Å². The molecule has 20 heavy (non-hydrogen) atoms. The van der Waals surface area contributed by atoms with E-state index in [1.54, 1.807) is 0 Å². The first-order valence-electron chi connectivity index (χ1n) is 6.49. The maximum Gasteiger partial charge on any atom is 0.309 e. The number of ether oxygens (including phenoxy) is 1. The van der Waals surface area contributed by atoms with Crippen molar-refractivity contribution in [1.29, 1.82) is 0 Å². The van der Waals surface area contributed by atoms with E-state index in [1.807, 2.05) is 0 Å². The maximum atomic E-state index is 11.5. The largest absolute Gasteiger partial charge is 0.481 e. The lowest BCUT2D eigenvalue weighted by atomic mass is 9.86. The zero-order valence-electron chi connectivity index (χ0n) is 11.1. The van der Waals surface area contributed by atoms with E-state index in [2.05, 4.69) is 5.32 Å². The number of hydrogen-bond acceptors (Lipinski definition) is 6. The van der Waals surface area contributed by atoms with Crippen LogP contribution in [0.5, 0.6) is 0 Å². The second-order valence-electron chi connectivity index (χ2n) is 4.85. The van der Waals surface area contributed by atoms with Crippen LogP contribution in [0.2, 0.25) is 0 Å². The van der Waals surface area contributed by atoms with Gasteiger partial charge in [-0.1, -0.05) is 6.42 Å². The molecule has 5 N–H and O–H groups in total. The Labute approximate surface area is 116 Å². The topological polar surface area (TPSA) is 139 Å². The van der Waals surface area contributed by atoms with Gasteiger partial charge in [0, 0.05) is 0 Å². The summed E-state index contributed by atoms with van der Waals surface area (Å²) in [5.74, 6) is -2.31. The number of rotatable bonds is 8. The molecule has 0 aromatic carbocycles. The highest BCUT2D eigenvalue weighted by Gasteiger charge is 2.28. The Morgan fingerprint density at radius 2 is 2.00 bits per heavy atom. The van der Waals surface area contributed by atoms with Crippen molar-refractivity contribution in [2.24, 2.45) is 11.7 Å². The van der Waals surface area contributed by atoms with Gasteiger partial charge in [-0.15, -0.1) is 0 Å². The minimum Gasteiger partial charge on any atom is -0.481 e. The molecule has 0 heterocycles. The summed E-state index contributed by atoms with van der Waals surface area (Å²) in [6, 6.07) is -1.99. The SMILES string of the molecule is NC(CC(=O)O)C(=O)NC(CO)COC(=O)C1CCC1. The van der Waals surface area contributed by atoms with E-state index < -0.39 is 37.0 Å². The van der Waals surface area contributed by atoms with E-state index in [9.17, 15) is 14.4 Å². The molecule has 0 aromatic rings. The third-order valence-electron chi connectivity index (χ3n) is 3.16. The molecule has 2 atom stereocenters. The predicted molar refractivity (Wildman–Crippen MR) is 67.5 cm³/mol. The zero-order valence-corrected chi connectivity index (χ0v) is 11.1. The van der Waals surface area contributed by atoms with Gasteiger partial charge in [-0.25, -0.2) is 0 Å². The number of amides is 1. The molecular formula is C12H20N2O6. The molecule has 0 aliphatic heterocycles. The van der Waals surface area contributed by atoms with Crippen LogP contribution in [0.4, 0.5) is 0 Å². The van der Waals surface area contributed by atoms with Crippen molar-refractivity contribution in [2.45, 2.75) is 37.8 Å². The minimum absolute atomic E-state index is 0.0840. The molecule has 1 fully saturated rings. The Kier molecular flexibility index (Phi) is 6.40. The number of aliphatic hydroxyl groups is 1. The van der Waals surface area contributed by atoms with E-state index in [4.69, 9.17) is 20.7 Å².